The van der Waals surface area contributed by atoms with Gasteiger partial charge in [-0.2, -0.15) is 11.8 Å². The van der Waals surface area contributed by atoms with Gasteiger partial charge in [-0.3, -0.25) is 4.98 Å². The van der Waals surface area contributed by atoms with Crippen LogP contribution in [0.25, 0.3) is 10.9 Å². The number of nitrogens with zero attached hydrogens (tertiary/aromatic N) is 1. The van der Waals surface area contributed by atoms with Gasteiger partial charge in [-0.25, -0.2) is 0 Å². The largest absolute Gasteiger partial charge is 0.380 e. The van der Waals surface area contributed by atoms with Crippen LogP contribution in [0.1, 0.15) is 19.5 Å². The number of hydrogen-bond donors (Lipinski definition) is 0. The number of ether oxygens (including phenoxy) is 1. The fourth-order valence-corrected chi connectivity index (χ4v) is 2.76. The van der Waals surface area contributed by atoms with E-state index in [-0.39, 0.29) is 0 Å². The Labute approximate surface area is 125 Å². The molecule has 0 radical (unpaired) electrons. The predicted molar refractivity (Wildman–Crippen MR) is 88.4 cm³/mol. The van der Waals surface area contributed by atoms with Crippen LogP contribution in [-0.4, -0.2) is 29.7 Å². The van der Waals surface area contributed by atoms with Crippen molar-refractivity contribution in [2.45, 2.75) is 20.3 Å². The maximum atomic E-state index is 5.57. The third-order valence-electron chi connectivity index (χ3n) is 2.98. The van der Waals surface area contributed by atoms with E-state index < -0.39 is 0 Å². The number of pyridine rings is 1. The van der Waals surface area contributed by atoms with Crippen LogP contribution in [0.5, 0.6) is 0 Å². The standard InChI is InChI=1S/C17H23NOS/c1-14(2)13-19-10-12-20-11-9-16-8-7-15-5-3-4-6-17(15)18-16/h3-8,14H,9-13H2,1-2H3. The molecule has 0 atom stereocenters. The Morgan fingerprint density at radius 1 is 1.10 bits per heavy atom. The van der Waals surface area contributed by atoms with Gasteiger partial charge in [-0.1, -0.05) is 38.1 Å². The van der Waals surface area contributed by atoms with Crippen molar-refractivity contribution in [3.05, 3.63) is 42.1 Å². The highest BCUT2D eigenvalue weighted by Gasteiger charge is 1.99. The zero-order valence-electron chi connectivity index (χ0n) is 12.3. The molecule has 0 N–H and O–H groups in total. The minimum atomic E-state index is 0.627. The van der Waals surface area contributed by atoms with Gasteiger partial charge in [0.1, 0.15) is 0 Å². The van der Waals surface area contributed by atoms with Crippen LogP contribution in [0.15, 0.2) is 36.4 Å². The van der Waals surface area contributed by atoms with E-state index in [1.807, 2.05) is 17.8 Å². The highest BCUT2D eigenvalue weighted by Crippen LogP contribution is 2.13. The Kier molecular flexibility index (Phi) is 6.34. The average molecular weight is 289 g/mol. The van der Waals surface area contributed by atoms with Crippen molar-refractivity contribution in [3.63, 3.8) is 0 Å². The molecule has 2 aromatic rings. The van der Waals surface area contributed by atoms with Crippen LogP contribution in [0.4, 0.5) is 0 Å². The molecule has 2 nitrogen and oxygen atoms in total. The first kappa shape index (κ1) is 15.3. The van der Waals surface area contributed by atoms with Gasteiger partial charge in [0, 0.05) is 23.4 Å². The second-order valence-electron chi connectivity index (χ2n) is 5.33. The highest BCUT2D eigenvalue weighted by atomic mass is 32.2. The van der Waals surface area contributed by atoms with Gasteiger partial charge in [-0.15, -0.1) is 0 Å². The molecule has 0 aliphatic carbocycles. The first-order valence-corrected chi connectivity index (χ1v) is 8.41. The molecule has 20 heavy (non-hydrogen) atoms. The van der Waals surface area contributed by atoms with Crippen LogP contribution in [0.2, 0.25) is 0 Å². The van der Waals surface area contributed by atoms with Crippen LogP contribution < -0.4 is 0 Å². The van der Waals surface area contributed by atoms with Gasteiger partial charge in [-0.05, 0) is 30.2 Å². The molecule has 0 saturated carbocycles. The summed E-state index contributed by atoms with van der Waals surface area (Å²) in [6.07, 6.45) is 1.03. The molecular weight excluding hydrogens is 266 g/mol. The lowest BCUT2D eigenvalue weighted by Crippen LogP contribution is -2.05. The zero-order valence-corrected chi connectivity index (χ0v) is 13.2. The fourth-order valence-electron chi connectivity index (χ4n) is 1.96. The zero-order chi connectivity index (χ0) is 14.2. The summed E-state index contributed by atoms with van der Waals surface area (Å²) in [6, 6.07) is 12.6. The molecule has 0 saturated heterocycles. The maximum Gasteiger partial charge on any atom is 0.0705 e. The monoisotopic (exact) mass is 289 g/mol. The summed E-state index contributed by atoms with van der Waals surface area (Å²) in [7, 11) is 0. The van der Waals surface area contributed by atoms with E-state index in [1.54, 1.807) is 0 Å². The number of fused-ring (bicyclic) bond motifs is 1. The second kappa shape index (κ2) is 8.28. The number of aromatic nitrogens is 1. The second-order valence-corrected chi connectivity index (χ2v) is 6.55. The van der Waals surface area contributed by atoms with E-state index in [2.05, 4.69) is 49.2 Å². The molecule has 1 aromatic carbocycles. The van der Waals surface area contributed by atoms with E-state index >= 15 is 0 Å². The summed E-state index contributed by atoms with van der Waals surface area (Å²) in [5, 5.41) is 1.21. The third-order valence-corrected chi connectivity index (χ3v) is 3.93. The minimum Gasteiger partial charge on any atom is -0.380 e. The van der Waals surface area contributed by atoms with Gasteiger partial charge < -0.3 is 4.74 Å². The van der Waals surface area contributed by atoms with E-state index in [4.69, 9.17) is 4.74 Å². The van der Waals surface area contributed by atoms with Crippen molar-refractivity contribution in [1.29, 1.82) is 0 Å². The van der Waals surface area contributed by atoms with Gasteiger partial charge >= 0.3 is 0 Å². The topological polar surface area (TPSA) is 22.1 Å². The van der Waals surface area contributed by atoms with Crippen LogP contribution in [0, 0.1) is 5.92 Å². The van der Waals surface area contributed by atoms with Crippen molar-refractivity contribution in [1.82, 2.24) is 4.98 Å². The first-order chi connectivity index (χ1) is 9.75. The lowest BCUT2D eigenvalue weighted by molar-refractivity contribution is 0.124. The third kappa shape index (κ3) is 5.14. The van der Waals surface area contributed by atoms with E-state index in [1.165, 1.54) is 11.1 Å². The number of aryl methyl sites for hydroxylation is 1. The van der Waals surface area contributed by atoms with Crippen molar-refractivity contribution in [2.24, 2.45) is 5.92 Å². The van der Waals surface area contributed by atoms with E-state index in [0.29, 0.717) is 5.92 Å². The molecule has 0 amide bonds. The molecule has 3 heteroatoms. The average Bonchev–Trinajstić information content (AvgIpc) is 2.46. The Morgan fingerprint density at radius 3 is 2.80 bits per heavy atom. The molecule has 2 rings (SSSR count). The predicted octanol–water partition coefficient (Wildman–Crippen LogP) is 4.18. The molecule has 108 valence electrons. The minimum absolute atomic E-state index is 0.627. The summed E-state index contributed by atoms with van der Waals surface area (Å²) < 4.78 is 5.57. The van der Waals surface area contributed by atoms with Crippen molar-refractivity contribution >= 4 is 22.7 Å². The van der Waals surface area contributed by atoms with Crippen LogP contribution in [0.3, 0.4) is 0 Å². The number of thioether (sulfide) groups is 1. The Balaban J connectivity index is 1.68. The Bertz CT molecular complexity index is 527. The van der Waals surface area contributed by atoms with Crippen molar-refractivity contribution in [2.75, 3.05) is 24.7 Å². The molecule has 0 fully saturated rings. The molecular formula is C17H23NOS. The number of rotatable bonds is 8. The molecule has 1 heterocycles. The Hall–Kier alpha value is -1.06. The van der Waals surface area contributed by atoms with Gasteiger partial charge in [0.05, 0.1) is 12.1 Å². The molecule has 0 bridgehead atoms. The SMILES string of the molecule is CC(C)COCCSCCc1ccc2ccccc2n1. The van der Waals surface area contributed by atoms with Crippen LogP contribution in [-0.2, 0) is 11.2 Å². The molecule has 1 aromatic heterocycles. The molecule has 0 unspecified atom stereocenters. The molecule has 0 aliphatic heterocycles. The first-order valence-electron chi connectivity index (χ1n) is 7.26. The van der Waals surface area contributed by atoms with E-state index in [0.717, 1.165) is 36.7 Å². The lowest BCUT2D eigenvalue weighted by Gasteiger charge is -2.06. The normalized spacial score (nSPS) is 11.3. The lowest BCUT2D eigenvalue weighted by atomic mass is 10.2. The van der Waals surface area contributed by atoms with Crippen LogP contribution >= 0.6 is 11.8 Å². The van der Waals surface area contributed by atoms with E-state index in [9.17, 15) is 0 Å². The fraction of sp³-hybridized carbons (Fsp3) is 0.471. The summed E-state index contributed by atoms with van der Waals surface area (Å²) in [6.45, 7) is 6.08. The Morgan fingerprint density at radius 2 is 1.95 bits per heavy atom. The summed E-state index contributed by atoms with van der Waals surface area (Å²) in [4.78, 5) is 4.69. The number of hydrogen-bond acceptors (Lipinski definition) is 3. The quantitative estimate of drug-likeness (QED) is 0.681. The maximum absolute atomic E-state index is 5.57. The van der Waals surface area contributed by atoms with Crippen molar-refractivity contribution in [3.8, 4) is 0 Å². The highest BCUT2D eigenvalue weighted by molar-refractivity contribution is 7.99. The summed E-state index contributed by atoms with van der Waals surface area (Å²) >= 11 is 1.94. The smallest absolute Gasteiger partial charge is 0.0705 e. The van der Waals surface area contributed by atoms with Gasteiger partial charge in [0.2, 0.25) is 0 Å². The van der Waals surface area contributed by atoms with Crippen molar-refractivity contribution < 1.29 is 4.74 Å². The number of benzene rings is 1. The summed E-state index contributed by atoms with van der Waals surface area (Å²) in [5.41, 5.74) is 2.27. The summed E-state index contributed by atoms with van der Waals surface area (Å²) in [5.74, 6) is 2.80. The number of para-hydroxylation sites is 1. The van der Waals surface area contributed by atoms with Gasteiger partial charge in [0.15, 0.2) is 0 Å². The van der Waals surface area contributed by atoms with Gasteiger partial charge in [0.25, 0.3) is 0 Å². The molecule has 0 aliphatic rings. The molecule has 0 spiro atoms.